The van der Waals surface area contributed by atoms with Crippen molar-refractivity contribution in [2.24, 2.45) is 5.41 Å². The van der Waals surface area contributed by atoms with Gasteiger partial charge >= 0.3 is 10.2 Å². The monoisotopic (exact) mass is 679 g/mol. The molecule has 0 bridgehead atoms. The molecule has 3 heterocycles. The molecule has 3 aliphatic rings. The average molecular weight is 680 g/mol. The molecule has 0 spiro atoms. The summed E-state index contributed by atoms with van der Waals surface area (Å²) in [6.45, 7) is 7.04. The number of ether oxygens (including phenoxy) is 2. The zero-order chi connectivity index (χ0) is 34.4. The molecule has 1 saturated carbocycles. The number of morpholine rings is 1. The van der Waals surface area contributed by atoms with Gasteiger partial charge in [0.15, 0.2) is 0 Å². The lowest BCUT2D eigenvalue weighted by Crippen LogP contribution is -2.55. The molecule has 12 heteroatoms. The van der Waals surface area contributed by atoms with Crippen LogP contribution in [0.5, 0.6) is 5.75 Å². The van der Waals surface area contributed by atoms with Crippen LogP contribution < -0.4 is 14.8 Å². The Morgan fingerprint density at radius 3 is 2.54 bits per heavy atom. The van der Waals surface area contributed by atoms with Crippen molar-refractivity contribution in [2.75, 3.05) is 54.6 Å². The summed E-state index contributed by atoms with van der Waals surface area (Å²) in [4.78, 5) is 30.3. The highest BCUT2D eigenvalue weighted by atomic mass is 32.2. The second-order valence-electron chi connectivity index (χ2n) is 13.7. The molecule has 1 aromatic heterocycles. The van der Waals surface area contributed by atoms with Crippen LogP contribution >= 0.6 is 0 Å². The number of aromatic nitrogens is 1. The first kappa shape index (κ1) is 34.4. The predicted molar refractivity (Wildman–Crippen MR) is 187 cm³/mol. The van der Waals surface area contributed by atoms with E-state index in [1.807, 2.05) is 24.1 Å². The fraction of sp³-hybridized carbons (Fsp3) is 0.556. The van der Waals surface area contributed by atoms with Gasteiger partial charge in [0, 0.05) is 61.7 Å². The van der Waals surface area contributed by atoms with Crippen LogP contribution in [0.15, 0.2) is 36.4 Å². The van der Waals surface area contributed by atoms with Crippen LogP contribution in [0.2, 0.25) is 0 Å². The lowest BCUT2D eigenvalue weighted by Gasteiger charge is -2.38. The molecule has 2 aromatic carbocycles. The fourth-order valence-electron chi connectivity index (χ4n) is 8.04. The van der Waals surface area contributed by atoms with E-state index in [0.717, 1.165) is 63.5 Å². The van der Waals surface area contributed by atoms with Gasteiger partial charge in [0.1, 0.15) is 5.75 Å². The number of nitrogens with one attached hydrogen (secondary N) is 2. The Labute approximate surface area is 284 Å². The number of hydrogen-bond acceptors (Lipinski definition) is 7. The number of methoxy groups -OCH3 is 1. The lowest BCUT2D eigenvalue weighted by molar-refractivity contribution is -0.146. The van der Waals surface area contributed by atoms with E-state index in [1.165, 1.54) is 19.7 Å². The van der Waals surface area contributed by atoms with Crippen LogP contribution in [0.25, 0.3) is 22.2 Å². The van der Waals surface area contributed by atoms with Gasteiger partial charge in [-0.3, -0.25) is 9.59 Å². The average Bonchev–Trinajstić information content (AvgIpc) is 3.74. The summed E-state index contributed by atoms with van der Waals surface area (Å²) in [7, 11) is 2.33. The van der Waals surface area contributed by atoms with Crippen molar-refractivity contribution in [3.8, 4) is 17.0 Å². The van der Waals surface area contributed by atoms with Crippen molar-refractivity contribution in [3.05, 3.63) is 53.1 Å². The highest BCUT2D eigenvalue weighted by molar-refractivity contribution is 7.87. The van der Waals surface area contributed by atoms with Gasteiger partial charge in [0.25, 0.3) is 5.91 Å². The third kappa shape index (κ3) is 5.90. The van der Waals surface area contributed by atoms with Crippen LogP contribution in [0, 0.1) is 5.41 Å². The molecular formula is C36H49N5O6S. The van der Waals surface area contributed by atoms with Crippen LogP contribution in [0.3, 0.4) is 0 Å². The summed E-state index contributed by atoms with van der Waals surface area (Å²) < 4.78 is 42.1. The molecule has 0 radical (unpaired) electrons. The number of benzene rings is 2. The number of carbonyl (C=O) groups is 2. The van der Waals surface area contributed by atoms with Crippen LogP contribution in [0.1, 0.15) is 79.3 Å². The van der Waals surface area contributed by atoms with Gasteiger partial charge in [-0.15, -0.1) is 0 Å². The van der Waals surface area contributed by atoms with Gasteiger partial charge in [0.2, 0.25) is 5.91 Å². The number of likely N-dealkylation sites (N-methyl/N-ethyl adjacent to an activating group) is 1. The molecule has 2 aliphatic heterocycles. The second-order valence-corrected chi connectivity index (χ2v) is 15.6. The van der Waals surface area contributed by atoms with Crippen molar-refractivity contribution in [3.63, 3.8) is 0 Å². The van der Waals surface area contributed by atoms with E-state index in [-0.39, 0.29) is 29.3 Å². The quantitative estimate of drug-likeness (QED) is 0.290. The van der Waals surface area contributed by atoms with Crippen LogP contribution in [-0.4, -0.2) is 94.6 Å². The third-order valence-corrected chi connectivity index (χ3v) is 11.9. The van der Waals surface area contributed by atoms with E-state index in [2.05, 4.69) is 40.6 Å². The van der Waals surface area contributed by atoms with Gasteiger partial charge in [-0.25, -0.2) is 4.72 Å². The first-order chi connectivity index (χ1) is 23.0. The first-order valence-corrected chi connectivity index (χ1v) is 18.6. The molecule has 1 aliphatic carbocycles. The Kier molecular flexibility index (Phi) is 9.65. The standard InChI is InChI=1S/C36H49N5O6S/c1-7-9-23(10-8-2)32-28-13-11-24(34(42)38-48(44,45)39(4)5)17-31(28)41-22-36(35(43)40-15-16-47-21-25(40)20-37-3)19-30(36)29-18-26(46-6)12-14-27(29)33(32)41/h11-14,17-18,23,25,30,37H,7-10,15-16,19-22H2,1-6H3,(H,38,42)/t25-,30?,36?/m1/s1. The first-order valence-electron chi connectivity index (χ1n) is 17.1. The lowest BCUT2D eigenvalue weighted by atomic mass is 9.85. The smallest absolute Gasteiger partial charge is 0.303 e. The van der Waals surface area contributed by atoms with Gasteiger partial charge < -0.3 is 24.3 Å². The van der Waals surface area contributed by atoms with E-state index in [0.29, 0.717) is 39.3 Å². The highest BCUT2D eigenvalue weighted by Gasteiger charge is 2.64. The molecule has 11 nitrogen and oxygen atoms in total. The number of rotatable bonds is 12. The summed E-state index contributed by atoms with van der Waals surface area (Å²) in [6, 6.07) is 11.7. The fourth-order valence-corrected chi connectivity index (χ4v) is 8.58. The minimum absolute atomic E-state index is 0.00324. The third-order valence-electron chi connectivity index (χ3n) is 10.5. The van der Waals surface area contributed by atoms with Crippen molar-refractivity contribution in [1.82, 2.24) is 23.8 Å². The Morgan fingerprint density at radius 1 is 1.12 bits per heavy atom. The topological polar surface area (TPSA) is 122 Å². The van der Waals surface area contributed by atoms with E-state index >= 15 is 0 Å². The Morgan fingerprint density at radius 2 is 1.88 bits per heavy atom. The minimum atomic E-state index is -3.99. The van der Waals surface area contributed by atoms with Gasteiger partial charge in [0.05, 0.1) is 37.5 Å². The molecule has 6 rings (SSSR count). The van der Waals surface area contributed by atoms with Crippen LogP contribution in [-0.2, 0) is 26.3 Å². The zero-order valence-corrected chi connectivity index (χ0v) is 29.8. The minimum Gasteiger partial charge on any atom is -0.497 e. The van der Waals surface area contributed by atoms with Gasteiger partial charge in [-0.2, -0.15) is 12.7 Å². The van der Waals surface area contributed by atoms with Crippen molar-refractivity contribution in [1.29, 1.82) is 0 Å². The molecule has 2 unspecified atom stereocenters. The van der Waals surface area contributed by atoms with Crippen molar-refractivity contribution in [2.45, 2.75) is 70.4 Å². The SMILES string of the molecule is CCCC(CCC)c1c2n(c3cc(C(=O)NS(=O)(=O)N(C)C)ccc13)CC1(C(=O)N3CCOC[C@H]3CNC)CC1c1cc(OC)ccc1-2. The number of fused-ring (bicyclic) bond motifs is 7. The summed E-state index contributed by atoms with van der Waals surface area (Å²) >= 11 is 0. The van der Waals surface area contributed by atoms with Crippen molar-refractivity contribution < 1.29 is 27.5 Å². The summed E-state index contributed by atoms with van der Waals surface area (Å²) in [5.74, 6) is 0.461. The second kappa shape index (κ2) is 13.5. The summed E-state index contributed by atoms with van der Waals surface area (Å²) in [5.41, 5.74) is 4.92. The Balaban J connectivity index is 1.59. The van der Waals surface area contributed by atoms with Gasteiger partial charge in [-0.1, -0.05) is 32.8 Å². The molecule has 2 amide bonds. The number of carbonyl (C=O) groups excluding carboxylic acids is 2. The Hall–Kier alpha value is -3.45. The normalized spacial score (nSPS) is 21.9. The molecule has 48 heavy (non-hydrogen) atoms. The maximum absolute atomic E-state index is 14.9. The maximum atomic E-state index is 14.9. The van der Waals surface area contributed by atoms with Crippen molar-refractivity contribution >= 4 is 32.9 Å². The summed E-state index contributed by atoms with van der Waals surface area (Å²) in [6.07, 6.45) is 4.75. The summed E-state index contributed by atoms with van der Waals surface area (Å²) in [5, 5.41) is 4.27. The molecule has 3 aromatic rings. The largest absolute Gasteiger partial charge is 0.497 e. The number of nitrogens with zero attached hydrogens (tertiary/aromatic N) is 3. The van der Waals surface area contributed by atoms with E-state index in [4.69, 9.17) is 9.47 Å². The molecular weight excluding hydrogens is 630 g/mol. The van der Waals surface area contributed by atoms with E-state index < -0.39 is 21.5 Å². The molecule has 2 N–H and O–H groups in total. The predicted octanol–water partition coefficient (Wildman–Crippen LogP) is 4.47. The molecule has 260 valence electrons. The van der Waals surface area contributed by atoms with E-state index in [1.54, 1.807) is 19.2 Å². The number of amides is 2. The molecule has 1 saturated heterocycles. The molecule has 3 atom stereocenters. The highest BCUT2D eigenvalue weighted by Crippen LogP contribution is 2.66. The van der Waals surface area contributed by atoms with E-state index in [9.17, 15) is 18.0 Å². The molecule has 2 fully saturated rings. The zero-order valence-electron chi connectivity index (χ0n) is 29.0. The maximum Gasteiger partial charge on any atom is 0.303 e. The Bertz CT molecular complexity index is 1810. The van der Waals surface area contributed by atoms with Gasteiger partial charge in [-0.05, 0) is 73.7 Å². The van der Waals surface area contributed by atoms with Crippen LogP contribution in [0.4, 0.5) is 0 Å². The number of hydrogen-bond donors (Lipinski definition) is 2.